The first kappa shape index (κ1) is 13.5. The second kappa shape index (κ2) is 5.83. The summed E-state index contributed by atoms with van der Waals surface area (Å²) in [5, 5.41) is 13.3. The van der Waals surface area contributed by atoms with Crippen molar-refractivity contribution in [3.05, 3.63) is 52.1 Å². The molecule has 0 saturated heterocycles. The minimum absolute atomic E-state index is 0.105. The molecule has 2 rings (SSSR count). The van der Waals surface area contributed by atoms with Gasteiger partial charge in [0.15, 0.2) is 0 Å². The lowest BCUT2D eigenvalue weighted by Gasteiger charge is -2.08. The molecular weight excluding hydrogens is 264 g/mol. The molecule has 1 amide bonds. The first-order chi connectivity index (χ1) is 9.61. The zero-order valence-corrected chi connectivity index (χ0v) is 10.6. The van der Waals surface area contributed by atoms with Gasteiger partial charge in [-0.25, -0.2) is 4.98 Å². The Morgan fingerprint density at radius 2 is 2.35 bits per heavy atom. The molecule has 0 fully saturated rings. The Bertz CT molecular complexity index is 624. The molecule has 2 aromatic rings. The van der Waals surface area contributed by atoms with E-state index in [4.69, 9.17) is 4.74 Å². The number of carbonyl (C=O) groups excluding carboxylic acids is 1. The zero-order valence-electron chi connectivity index (χ0n) is 10.6. The zero-order chi connectivity index (χ0) is 14.5. The molecule has 1 aromatic carbocycles. The minimum atomic E-state index is -0.567. The van der Waals surface area contributed by atoms with E-state index >= 15 is 0 Å². The molecule has 1 heterocycles. The minimum Gasteiger partial charge on any atom is -0.496 e. The number of hydrogen-bond donors (Lipinski definition) is 2. The van der Waals surface area contributed by atoms with E-state index in [0.29, 0.717) is 5.82 Å². The summed E-state index contributed by atoms with van der Waals surface area (Å²) in [4.78, 5) is 29.0. The van der Waals surface area contributed by atoms with Crippen molar-refractivity contribution in [1.82, 2.24) is 15.3 Å². The van der Waals surface area contributed by atoms with Gasteiger partial charge in [-0.1, -0.05) is 0 Å². The summed E-state index contributed by atoms with van der Waals surface area (Å²) in [6.07, 6.45) is 3.20. The SMILES string of the molecule is COc1ccc([N+](=O)[O-])cc1C(=O)NCc1ncc[nH]1. The molecule has 0 aliphatic heterocycles. The van der Waals surface area contributed by atoms with Crippen molar-refractivity contribution < 1.29 is 14.5 Å². The summed E-state index contributed by atoms with van der Waals surface area (Å²) in [5.74, 6) is 0.386. The van der Waals surface area contributed by atoms with E-state index < -0.39 is 10.8 Å². The Morgan fingerprint density at radius 1 is 1.55 bits per heavy atom. The molecule has 8 heteroatoms. The largest absolute Gasteiger partial charge is 0.496 e. The van der Waals surface area contributed by atoms with Gasteiger partial charge in [-0.3, -0.25) is 14.9 Å². The van der Waals surface area contributed by atoms with Crippen LogP contribution in [0, 0.1) is 10.1 Å². The van der Waals surface area contributed by atoms with E-state index in [9.17, 15) is 14.9 Å². The summed E-state index contributed by atoms with van der Waals surface area (Å²) in [7, 11) is 1.39. The Hall–Kier alpha value is -2.90. The van der Waals surface area contributed by atoms with Crippen molar-refractivity contribution in [1.29, 1.82) is 0 Å². The molecule has 0 radical (unpaired) electrons. The molecule has 0 aliphatic rings. The molecule has 0 bridgehead atoms. The fourth-order valence-corrected chi connectivity index (χ4v) is 1.64. The molecule has 20 heavy (non-hydrogen) atoms. The quantitative estimate of drug-likeness (QED) is 0.631. The van der Waals surface area contributed by atoms with Crippen molar-refractivity contribution in [2.24, 2.45) is 0 Å². The predicted octanol–water partition coefficient (Wildman–Crippen LogP) is 1.26. The number of imidazole rings is 1. The summed E-state index contributed by atoms with van der Waals surface area (Å²) in [6, 6.07) is 3.85. The summed E-state index contributed by atoms with van der Waals surface area (Å²) < 4.78 is 5.03. The highest BCUT2D eigenvalue weighted by Gasteiger charge is 2.17. The number of amides is 1. The number of non-ortho nitro benzene ring substituents is 1. The molecule has 0 spiro atoms. The van der Waals surface area contributed by atoms with Gasteiger partial charge in [-0.2, -0.15) is 0 Å². The average Bonchev–Trinajstić information content (AvgIpc) is 2.97. The van der Waals surface area contributed by atoms with Crippen LogP contribution in [0.25, 0.3) is 0 Å². The molecule has 104 valence electrons. The Balaban J connectivity index is 2.18. The van der Waals surface area contributed by atoms with Crippen LogP contribution in [0.15, 0.2) is 30.6 Å². The van der Waals surface area contributed by atoms with Crippen LogP contribution in [0.3, 0.4) is 0 Å². The summed E-state index contributed by atoms with van der Waals surface area (Å²) in [5.41, 5.74) is -0.0674. The van der Waals surface area contributed by atoms with Gasteiger partial charge in [-0.05, 0) is 6.07 Å². The standard InChI is InChI=1S/C12H12N4O4/c1-20-10-3-2-8(16(18)19)6-9(10)12(17)15-7-11-13-4-5-14-11/h2-6H,7H2,1H3,(H,13,14)(H,15,17). The van der Waals surface area contributed by atoms with E-state index in [1.165, 1.54) is 25.3 Å². The molecule has 0 saturated carbocycles. The van der Waals surface area contributed by atoms with Gasteiger partial charge in [-0.15, -0.1) is 0 Å². The number of aromatic amines is 1. The van der Waals surface area contributed by atoms with Crippen molar-refractivity contribution in [3.8, 4) is 5.75 Å². The maximum Gasteiger partial charge on any atom is 0.270 e. The molecule has 2 N–H and O–H groups in total. The molecule has 1 aromatic heterocycles. The number of nitrogens with one attached hydrogen (secondary N) is 2. The smallest absolute Gasteiger partial charge is 0.270 e. The van der Waals surface area contributed by atoms with Gasteiger partial charge >= 0.3 is 0 Å². The third-order valence-corrected chi connectivity index (χ3v) is 2.61. The topological polar surface area (TPSA) is 110 Å². The van der Waals surface area contributed by atoms with Crippen LogP contribution in [0.2, 0.25) is 0 Å². The summed E-state index contributed by atoms with van der Waals surface area (Å²) >= 11 is 0. The maximum absolute atomic E-state index is 12.0. The third-order valence-electron chi connectivity index (χ3n) is 2.61. The molecular formula is C12H12N4O4. The Labute approximate surface area is 113 Å². The Morgan fingerprint density at radius 3 is 2.95 bits per heavy atom. The number of benzene rings is 1. The van der Waals surface area contributed by atoms with Crippen molar-refractivity contribution in [3.63, 3.8) is 0 Å². The highest BCUT2D eigenvalue weighted by molar-refractivity contribution is 5.97. The second-order valence-electron chi connectivity index (χ2n) is 3.86. The van der Waals surface area contributed by atoms with Gasteiger partial charge in [0.25, 0.3) is 11.6 Å². The first-order valence-electron chi connectivity index (χ1n) is 5.70. The lowest BCUT2D eigenvalue weighted by Crippen LogP contribution is -2.24. The van der Waals surface area contributed by atoms with Crippen LogP contribution in [0.1, 0.15) is 16.2 Å². The summed E-state index contributed by atoms with van der Waals surface area (Å²) in [6.45, 7) is 0.192. The highest BCUT2D eigenvalue weighted by Crippen LogP contribution is 2.23. The number of hydrogen-bond acceptors (Lipinski definition) is 5. The molecule has 8 nitrogen and oxygen atoms in total. The lowest BCUT2D eigenvalue weighted by atomic mass is 10.1. The first-order valence-corrected chi connectivity index (χ1v) is 5.70. The Kier molecular flexibility index (Phi) is 3.94. The van der Waals surface area contributed by atoms with Crippen LogP contribution < -0.4 is 10.1 Å². The number of nitro groups is 1. The van der Waals surface area contributed by atoms with E-state index in [1.807, 2.05) is 0 Å². The van der Waals surface area contributed by atoms with Gasteiger partial charge in [0.1, 0.15) is 11.6 Å². The molecule has 0 unspecified atom stereocenters. The number of rotatable bonds is 5. The third kappa shape index (κ3) is 2.91. The van der Waals surface area contributed by atoms with E-state index in [0.717, 1.165) is 0 Å². The van der Waals surface area contributed by atoms with Crippen LogP contribution >= 0.6 is 0 Å². The van der Waals surface area contributed by atoms with Crippen molar-refractivity contribution in [2.45, 2.75) is 6.54 Å². The van der Waals surface area contributed by atoms with Crippen molar-refractivity contribution >= 4 is 11.6 Å². The lowest BCUT2D eigenvalue weighted by molar-refractivity contribution is -0.384. The number of nitrogens with zero attached hydrogens (tertiary/aromatic N) is 2. The second-order valence-corrected chi connectivity index (χ2v) is 3.86. The van der Waals surface area contributed by atoms with Crippen LogP contribution in [-0.2, 0) is 6.54 Å². The maximum atomic E-state index is 12.0. The monoisotopic (exact) mass is 276 g/mol. The number of methoxy groups -OCH3 is 1. The van der Waals surface area contributed by atoms with Crippen LogP contribution in [0.5, 0.6) is 5.75 Å². The molecule has 0 aliphatic carbocycles. The number of H-pyrrole nitrogens is 1. The number of ether oxygens (including phenoxy) is 1. The van der Waals surface area contributed by atoms with Crippen LogP contribution in [-0.4, -0.2) is 27.9 Å². The fourth-order valence-electron chi connectivity index (χ4n) is 1.64. The van der Waals surface area contributed by atoms with Crippen molar-refractivity contribution in [2.75, 3.05) is 7.11 Å². The van der Waals surface area contributed by atoms with Gasteiger partial charge in [0.2, 0.25) is 0 Å². The normalized spacial score (nSPS) is 10.1. The van der Waals surface area contributed by atoms with Gasteiger partial charge in [0, 0.05) is 24.5 Å². The van der Waals surface area contributed by atoms with Crippen LogP contribution in [0.4, 0.5) is 5.69 Å². The highest BCUT2D eigenvalue weighted by atomic mass is 16.6. The fraction of sp³-hybridized carbons (Fsp3) is 0.167. The number of nitro benzene ring substituents is 1. The van der Waals surface area contributed by atoms with Gasteiger partial charge < -0.3 is 15.0 Å². The number of aromatic nitrogens is 2. The van der Waals surface area contributed by atoms with E-state index in [-0.39, 0.29) is 23.5 Å². The van der Waals surface area contributed by atoms with Gasteiger partial charge in [0.05, 0.1) is 24.1 Å². The molecule has 0 atom stereocenters. The average molecular weight is 276 g/mol. The van der Waals surface area contributed by atoms with E-state index in [1.54, 1.807) is 12.4 Å². The number of carbonyl (C=O) groups is 1. The van der Waals surface area contributed by atoms with E-state index in [2.05, 4.69) is 15.3 Å². The predicted molar refractivity (Wildman–Crippen MR) is 69.4 cm³/mol.